The third-order valence-corrected chi connectivity index (χ3v) is 5.28. The number of rotatable bonds is 8. The molecule has 1 aromatic carbocycles. The van der Waals surface area contributed by atoms with Crippen molar-refractivity contribution < 1.29 is 19.2 Å². The highest BCUT2D eigenvalue weighted by atomic mass is 16.7. The number of unbranched alkanes of at least 4 members (excludes halogenated alkanes) is 2. The van der Waals surface area contributed by atoms with Gasteiger partial charge in [-0.1, -0.05) is 58.7 Å². The minimum Gasteiger partial charge on any atom is -0.493 e. The zero-order valence-corrected chi connectivity index (χ0v) is 18.3. The molecule has 0 saturated carbocycles. The average Bonchev–Trinajstić information content (AvgIpc) is 2.71. The van der Waals surface area contributed by atoms with Crippen LogP contribution in [0.2, 0.25) is 0 Å². The molecule has 2 rings (SSSR count). The van der Waals surface area contributed by atoms with E-state index >= 15 is 0 Å². The Kier molecular flexibility index (Phi) is 8.96. The van der Waals surface area contributed by atoms with Gasteiger partial charge in [0.05, 0.1) is 13.2 Å². The van der Waals surface area contributed by atoms with Crippen molar-refractivity contribution in [1.82, 2.24) is 10.4 Å². The van der Waals surface area contributed by atoms with Gasteiger partial charge in [0.15, 0.2) is 0 Å². The molecule has 1 aliphatic heterocycles. The number of hydroxylamine groups is 1. The predicted octanol–water partition coefficient (Wildman–Crippen LogP) is 3.84. The largest absolute Gasteiger partial charge is 0.493 e. The molecule has 1 aromatic rings. The lowest BCUT2D eigenvalue weighted by molar-refractivity contribution is -0.153. The van der Waals surface area contributed by atoms with E-state index in [1.807, 2.05) is 18.2 Å². The molecule has 0 atom stereocenters. The van der Waals surface area contributed by atoms with Gasteiger partial charge in [-0.05, 0) is 42.2 Å². The van der Waals surface area contributed by atoms with Gasteiger partial charge in [-0.3, -0.25) is 14.4 Å². The molecule has 0 spiro atoms. The van der Waals surface area contributed by atoms with Gasteiger partial charge in [-0.25, -0.2) is 5.48 Å². The van der Waals surface area contributed by atoms with Crippen molar-refractivity contribution in [2.24, 2.45) is 5.92 Å². The van der Waals surface area contributed by atoms with Gasteiger partial charge in [-0.2, -0.15) is 0 Å². The highest BCUT2D eigenvalue weighted by Gasteiger charge is 2.28. The molecule has 1 saturated heterocycles. The molecule has 0 aromatic heterocycles. The molecule has 1 N–H and O–H groups in total. The molecule has 162 valence electrons. The fraction of sp³-hybridized carbons (Fsp3) is 0.652. The zero-order chi connectivity index (χ0) is 21.3. The summed E-state index contributed by atoms with van der Waals surface area (Å²) >= 11 is 0. The van der Waals surface area contributed by atoms with Crippen LogP contribution in [-0.4, -0.2) is 43.0 Å². The van der Waals surface area contributed by atoms with Gasteiger partial charge in [0, 0.05) is 13.1 Å². The van der Waals surface area contributed by atoms with E-state index < -0.39 is 11.8 Å². The van der Waals surface area contributed by atoms with Crippen molar-refractivity contribution in [1.29, 1.82) is 0 Å². The minimum atomic E-state index is -0.685. The predicted molar refractivity (Wildman–Crippen MR) is 114 cm³/mol. The summed E-state index contributed by atoms with van der Waals surface area (Å²) in [4.78, 5) is 30.9. The summed E-state index contributed by atoms with van der Waals surface area (Å²) in [5, 5.41) is 0. The second-order valence-corrected chi connectivity index (χ2v) is 8.78. The Hall–Kier alpha value is -2.08. The topological polar surface area (TPSA) is 67.9 Å². The molecule has 1 fully saturated rings. The standard InChI is InChI=1S/C23H36N2O4/c1-5-6-9-16-29-24-21(26)22(27)25-14-12-18(13-15-25)17-28-20-11-8-7-10-19(20)23(2,3)4/h7-8,10-11,18H,5-6,9,12-17H2,1-4H3,(H,24,26). The van der Waals surface area contributed by atoms with Crippen molar-refractivity contribution in [2.45, 2.75) is 65.2 Å². The van der Waals surface area contributed by atoms with Crippen molar-refractivity contribution in [3.05, 3.63) is 29.8 Å². The fourth-order valence-corrected chi connectivity index (χ4v) is 3.45. The van der Waals surface area contributed by atoms with Crippen LogP contribution in [0.15, 0.2) is 24.3 Å². The van der Waals surface area contributed by atoms with Crippen LogP contribution in [0.3, 0.4) is 0 Å². The van der Waals surface area contributed by atoms with Crippen LogP contribution >= 0.6 is 0 Å². The quantitative estimate of drug-likeness (QED) is 0.406. The molecule has 0 aliphatic carbocycles. The molecule has 0 unspecified atom stereocenters. The maximum absolute atomic E-state index is 12.3. The van der Waals surface area contributed by atoms with Crippen LogP contribution in [0, 0.1) is 5.92 Å². The third-order valence-electron chi connectivity index (χ3n) is 5.28. The van der Waals surface area contributed by atoms with Gasteiger partial charge < -0.3 is 9.64 Å². The number of likely N-dealkylation sites (tertiary alicyclic amines) is 1. The first-order valence-electron chi connectivity index (χ1n) is 10.8. The SMILES string of the molecule is CCCCCONC(=O)C(=O)N1CCC(COc2ccccc2C(C)(C)C)CC1. The molecule has 6 heteroatoms. The summed E-state index contributed by atoms with van der Waals surface area (Å²) in [5.74, 6) is 0.103. The maximum Gasteiger partial charge on any atom is 0.333 e. The number of hydrogen-bond acceptors (Lipinski definition) is 4. The van der Waals surface area contributed by atoms with Crippen LogP contribution in [0.5, 0.6) is 5.75 Å². The van der Waals surface area contributed by atoms with Crippen molar-refractivity contribution >= 4 is 11.8 Å². The molecule has 1 aliphatic rings. The monoisotopic (exact) mass is 404 g/mol. The van der Waals surface area contributed by atoms with E-state index in [4.69, 9.17) is 9.57 Å². The number of para-hydroxylation sites is 1. The van der Waals surface area contributed by atoms with E-state index in [9.17, 15) is 9.59 Å². The number of carbonyl (C=O) groups is 2. The second-order valence-electron chi connectivity index (χ2n) is 8.78. The number of carbonyl (C=O) groups excluding carboxylic acids is 2. The van der Waals surface area contributed by atoms with Gasteiger partial charge in [0.2, 0.25) is 0 Å². The van der Waals surface area contributed by atoms with E-state index in [0.717, 1.165) is 37.9 Å². The fourth-order valence-electron chi connectivity index (χ4n) is 3.45. The molecule has 1 heterocycles. The number of benzene rings is 1. The van der Waals surface area contributed by atoms with Crippen LogP contribution in [0.25, 0.3) is 0 Å². The molecule has 2 amide bonds. The van der Waals surface area contributed by atoms with Gasteiger partial charge >= 0.3 is 11.8 Å². The van der Waals surface area contributed by atoms with Crippen LogP contribution in [0.4, 0.5) is 0 Å². The van der Waals surface area contributed by atoms with Crippen molar-refractivity contribution in [3.8, 4) is 5.75 Å². The van der Waals surface area contributed by atoms with E-state index in [1.54, 1.807) is 4.90 Å². The van der Waals surface area contributed by atoms with E-state index in [2.05, 4.69) is 39.2 Å². The van der Waals surface area contributed by atoms with Crippen molar-refractivity contribution in [3.63, 3.8) is 0 Å². The molecule has 6 nitrogen and oxygen atoms in total. The summed E-state index contributed by atoms with van der Waals surface area (Å²) < 4.78 is 6.13. The van der Waals surface area contributed by atoms with Gasteiger partial charge in [-0.15, -0.1) is 0 Å². The highest BCUT2D eigenvalue weighted by molar-refractivity contribution is 6.34. The van der Waals surface area contributed by atoms with Crippen LogP contribution < -0.4 is 10.2 Å². The molecule has 0 bridgehead atoms. The third kappa shape index (κ3) is 7.35. The number of nitrogens with zero attached hydrogens (tertiary/aromatic N) is 1. The number of hydrogen-bond donors (Lipinski definition) is 1. The first-order chi connectivity index (χ1) is 13.8. The zero-order valence-electron chi connectivity index (χ0n) is 18.3. The van der Waals surface area contributed by atoms with Gasteiger partial charge in [0.1, 0.15) is 5.75 Å². The Morgan fingerprint density at radius 2 is 1.83 bits per heavy atom. The molecular formula is C23H36N2O4. The smallest absolute Gasteiger partial charge is 0.333 e. The summed E-state index contributed by atoms with van der Waals surface area (Å²) in [6, 6.07) is 8.16. The first kappa shape index (κ1) is 23.2. The minimum absolute atomic E-state index is 0.0261. The van der Waals surface area contributed by atoms with Crippen LogP contribution in [-0.2, 0) is 19.8 Å². The molecule has 0 radical (unpaired) electrons. The van der Waals surface area contributed by atoms with E-state index in [-0.39, 0.29) is 5.41 Å². The highest BCUT2D eigenvalue weighted by Crippen LogP contribution is 2.31. The lowest BCUT2D eigenvalue weighted by atomic mass is 9.86. The maximum atomic E-state index is 12.3. The Bertz CT molecular complexity index is 661. The first-order valence-corrected chi connectivity index (χ1v) is 10.8. The van der Waals surface area contributed by atoms with Crippen LogP contribution in [0.1, 0.15) is 65.4 Å². The van der Waals surface area contributed by atoms with Gasteiger partial charge in [0.25, 0.3) is 0 Å². The average molecular weight is 405 g/mol. The normalized spacial score (nSPS) is 15.2. The Morgan fingerprint density at radius 1 is 1.14 bits per heavy atom. The number of ether oxygens (including phenoxy) is 1. The summed E-state index contributed by atoms with van der Waals surface area (Å²) in [6.07, 6.45) is 4.65. The number of amides is 2. The summed E-state index contributed by atoms with van der Waals surface area (Å²) in [5.41, 5.74) is 3.49. The Morgan fingerprint density at radius 3 is 2.48 bits per heavy atom. The summed E-state index contributed by atoms with van der Waals surface area (Å²) in [7, 11) is 0. The van der Waals surface area contributed by atoms with E-state index in [0.29, 0.717) is 32.2 Å². The van der Waals surface area contributed by atoms with Crippen molar-refractivity contribution in [2.75, 3.05) is 26.3 Å². The second kappa shape index (κ2) is 11.2. The number of nitrogens with one attached hydrogen (secondary N) is 1. The Labute approximate surface area is 174 Å². The Balaban J connectivity index is 1.74. The van der Waals surface area contributed by atoms with E-state index in [1.165, 1.54) is 5.56 Å². The molecule has 29 heavy (non-hydrogen) atoms. The summed E-state index contributed by atoms with van der Waals surface area (Å²) in [6.45, 7) is 10.8. The molecular weight excluding hydrogens is 368 g/mol. The lowest BCUT2D eigenvalue weighted by Crippen LogP contribution is -2.47. The number of piperidine rings is 1. The lowest BCUT2D eigenvalue weighted by Gasteiger charge is -2.32.